The minimum atomic E-state index is -3.54. The molecule has 0 spiro atoms. The average molecular weight is 314 g/mol. The summed E-state index contributed by atoms with van der Waals surface area (Å²) < 4.78 is 31.4. The number of aryl methyl sites for hydroxylation is 2. The third kappa shape index (κ3) is 5.82. The highest BCUT2D eigenvalue weighted by molar-refractivity contribution is 7.89. The lowest BCUT2D eigenvalue weighted by Crippen LogP contribution is -2.35. The number of sulfonamides is 1. The second-order valence-corrected chi connectivity index (χ2v) is 6.50. The first-order valence-corrected chi connectivity index (χ1v) is 8.17. The van der Waals surface area contributed by atoms with Crippen LogP contribution in [0.5, 0.6) is 0 Å². The van der Waals surface area contributed by atoms with Gasteiger partial charge in [-0.1, -0.05) is 6.07 Å². The lowest BCUT2D eigenvalue weighted by Gasteiger charge is -2.09. The quantitative estimate of drug-likeness (QED) is 0.693. The van der Waals surface area contributed by atoms with Crippen LogP contribution in [0.1, 0.15) is 17.5 Å². The van der Waals surface area contributed by atoms with Gasteiger partial charge in [0.2, 0.25) is 15.9 Å². The van der Waals surface area contributed by atoms with Gasteiger partial charge in [-0.2, -0.15) is 0 Å². The van der Waals surface area contributed by atoms with Gasteiger partial charge in [0.15, 0.2) is 0 Å². The molecule has 0 saturated carbocycles. The minimum Gasteiger partial charge on any atom is -0.384 e. The molecule has 1 rings (SSSR count). The molecular formula is C14H22N2O4S. The zero-order valence-electron chi connectivity index (χ0n) is 12.6. The number of benzene rings is 1. The molecule has 1 amide bonds. The van der Waals surface area contributed by atoms with Crippen LogP contribution in [-0.2, 0) is 19.6 Å². The van der Waals surface area contributed by atoms with Crippen LogP contribution >= 0.6 is 0 Å². The van der Waals surface area contributed by atoms with Crippen molar-refractivity contribution in [3.63, 3.8) is 0 Å². The first-order valence-electron chi connectivity index (χ1n) is 6.69. The molecule has 0 aromatic heterocycles. The molecule has 1 aromatic carbocycles. The van der Waals surface area contributed by atoms with Gasteiger partial charge in [0.25, 0.3) is 0 Å². The molecule has 6 nitrogen and oxygen atoms in total. The second-order valence-electron chi connectivity index (χ2n) is 4.74. The van der Waals surface area contributed by atoms with Crippen molar-refractivity contribution in [2.75, 3.05) is 26.8 Å². The van der Waals surface area contributed by atoms with Crippen molar-refractivity contribution in [3.8, 4) is 0 Å². The molecule has 0 heterocycles. The van der Waals surface area contributed by atoms with E-state index in [1.807, 2.05) is 13.8 Å². The predicted octanol–water partition coefficient (Wildman–Crippen LogP) is 0.734. The van der Waals surface area contributed by atoms with Crippen molar-refractivity contribution in [2.45, 2.75) is 25.2 Å². The first kappa shape index (κ1) is 17.6. The molecule has 0 bridgehead atoms. The highest BCUT2D eigenvalue weighted by Gasteiger charge is 2.13. The Hall–Kier alpha value is -1.44. The highest BCUT2D eigenvalue weighted by atomic mass is 32.2. The number of rotatable bonds is 8. The molecule has 0 radical (unpaired) electrons. The standard InChI is InChI=1S/C14H22N2O4S/c1-11-4-5-13(10-12(11)2)21(18,19)16-8-7-15-14(17)6-9-20-3/h4-5,10,16H,6-9H2,1-3H3,(H,15,17). The van der Waals surface area contributed by atoms with Gasteiger partial charge >= 0.3 is 0 Å². The molecule has 118 valence electrons. The summed E-state index contributed by atoms with van der Waals surface area (Å²) in [6, 6.07) is 4.98. The van der Waals surface area contributed by atoms with Crippen molar-refractivity contribution in [1.82, 2.24) is 10.0 Å². The van der Waals surface area contributed by atoms with Gasteiger partial charge in [-0.3, -0.25) is 4.79 Å². The molecule has 2 N–H and O–H groups in total. The van der Waals surface area contributed by atoms with Crippen LogP contribution in [0.2, 0.25) is 0 Å². The molecule has 0 aliphatic heterocycles. The fraction of sp³-hybridized carbons (Fsp3) is 0.500. The largest absolute Gasteiger partial charge is 0.384 e. The minimum absolute atomic E-state index is 0.147. The normalized spacial score (nSPS) is 11.4. The first-order chi connectivity index (χ1) is 9.86. The van der Waals surface area contributed by atoms with E-state index in [2.05, 4.69) is 10.0 Å². The SMILES string of the molecule is COCCC(=O)NCCNS(=O)(=O)c1ccc(C)c(C)c1. The topological polar surface area (TPSA) is 84.5 Å². The third-order valence-electron chi connectivity index (χ3n) is 3.06. The van der Waals surface area contributed by atoms with Crippen molar-refractivity contribution >= 4 is 15.9 Å². The van der Waals surface area contributed by atoms with Crippen LogP contribution in [0.4, 0.5) is 0 Å². The Morgan fingerprint density at radius 1 is 1.19 bits per heavy atom. The van der Waals surface area contributed by atoms with Gasteiger partial charge in [-0.25, -0.2) is 13.1 Å². The maximum atomic E-state index is 12.1. The number of ether oxygens (including phenoxy) is 1. The van der Waals surface area contributed by atoms with Crippen LogP contribution < -0.4 is 10.0 Å². The zero-order chi connectivity index (χ0) is 15.9. The zero-order valence-corrected chi connectivity index (χ0v) is 13.4. The Morgan fingerprint density at radius 2 is 1.90 bits per heavy atom. The van der Waals surface area contributed by atoms with Crippen LogP contribution in [0, 0.1) is 13.8 Å². The third-order valence-corrected chi connectivity index (χ3v) is 4.52. The van der Waals surface area contributed by atoms with Crippen LogP contribution in [0.25, 0.3) is 0 Å². The number of hydrogen-bond acceptors (Lipinski definition) is 4. The Morgan fingerprint density at radius 3 is 2.52 bits per heavy atom. The molecule has 0 aliphatic rings. The van der Waals surface area contributed by atoms with Crippen LogP contribution in [-0.4, -0.2) is 41.1 Å². The number of amides is 1. The van der Waals surface area contributed by atoms with E-state index in [0.29, 0.717) is 6.61 Å². The summed E-state index contributed by atoms with van der Waals surface area (Å²) in [5.41, 5.74) is 1.96. The van der Waals surface area contributed by atoms with Gasteiger partial charge < -0.3 is 10.1 Å². The van der Waals surface area contributed by atoms with Crippen molar-refractivity contribution in [3.05, 3.63) is 29.3 Å². The fourth-order valence-electron chi connectivity index (χ4n) is 1.63. The van der Waals surface area contributed by atoms with E-state index in [0.717, 1.165) is 11.1 Å². The number of nitrogens with one attached hydrogen (secondary N) is 2. The molecule has 7 heteroatoms. The van der Waals surface area contributed by atoms with E-state index in [1.54, 1.807) is 18.2 Å². The Kier molecular flexibility index (Phi) is 6.80. The van der Waals surface area contributed by atoms with E-state index in [4.69, 9.17) is 4.74 Å². The summed E-state index contributed by atoms with van der Waals surface area (Å²) in [5, 5.41) is 2.62. The maximum Gasteiger partial charge on any atom is 0.240 e. The Labute approximate surface area is 125 Å². The van der Waals surface area contributed by atoms with Crippen LogP contribution in [0.15, 0.2) is 23.1 Å². The maximum absolute atomic E-state index is 12.1. The molecule has 21 heavy (non-hydrogen) atoms. The van der Waals surface area contributed by atoms with Gasteiger partial charge in [-0.15, -0.1) is 0 Å². The van der Waals surface area contributed by atoms with E-state index in [9.17, 15) is 13.2 Å². The number of carbonyl (C=O) groups excluding carboxylic acids is 1. The monoisotopic (exact) mass is 314 g/mol. The van der Waals surface area contributed by atoms with Crippen molar-refractivity contribution in [1.29, 1.82) is 0 Å². The van der Waals surface area contributed by atoms with E-state index in [-0.39, 0.29) is 30.3 Å². The molecule has 0 fully saturated rings. The molecule has 0 saturated heterocycles. The molecule has 0 atom stereocenters. The highest BCUT2D eigenvalue weighted by Crippen LogP contribution is 2.14. The Bertz CT molecular complexity index is 585. The van der Waals surface area contributed by atoms with E-state index >= 15 is 0 Å². The van der Waals surface area contributed by atoms with Crippen molar-refractivity contribution < 1.29 is 17.9 Å². The summed E-state index contributed by atoms with van der Waals surface area (Å²) in [7, 11) is -2.02. The smallest absolute Gasteiger partial charge is 0.240 e. The summed E-state index contributed by atoms with van der Waals surface area (Å²) in [6.07, 6.45) is 0.264. The van der Waals surface area contributed by atoms with E-state index < -0.39 is 10.0 Å². The summed E-state index contributed by atoms with van der Waals surface area (Å²) in [4.78, 5) is 11.5. The van der Waals surface area contributed by atoms with Gasteiger partial charge in [0.05, 0.1) is 11.5 Å². The van der Waals surface area contributed by atoms with Crippen molar-refractivity contribution in [2.24, 2.45) is 0 Å². The molecule has 1 aromatic rings. The number of methoxy groups -OCH3 is 1. The average Bonchev–Trinajstić information content (AvgIpc) is 2.44. The van der Waals surface area contributed by atoms with E-state index in [1.165, 1.54) is 7.11 Å². The van der Waals surface area contributed by atoms with Crippen LogP contribution in [0.3, 0.4) is 0 Å². The molecular weight excluding hydrogens is 292 g/mol. The van der Waals surface area contributed by atoms with Gasteiger partial charge in [0, 0.05) is 26.6 Å². The van der Waals surface area contributed by atoms with Gasteiger partial charge in [0.1, 0.15) is 0 Å². The number of carbonyl (C=O) groups is 1. The fourth-order valence-corrected chi connectivity index (χ4v) is 2.75. The molecule has 0 aliphatic carbocycles. The lowest BCUT2D eigenvalue weighted by atomic mass is 10.1. The summed E-state index contributed by atoms with van der Waals surface area (Å²) in [6.45, 7) is 4.53. The summed E-state index contributed by atoms with van der Waals surface area (Å²) in [5.74, 6) is -0.165. The number of hydrogen-bond donors (Lipinski definition) is 2. The summed E-state index contributed by atoms with van der Waals surface area (Å²) >= 11 is 0. The predicted molar refractivity (Wildman–Crippen MR) is 80.6 cm³/mol. The lowest BCUT2D eigenvalue weighted by molar-refractivity contribution is -0.121. The molecule has 0 unspecified atom stereocenters. The Balaban J connectivity index is 2.46. The second kappa shape index (κ2) is 8.11. The van der Waals surface area contributed by atoms with Gasteiger partial charge in [-0.05, 0) is 37.1 Å².